The van der Waals surface area contributed by atoms with Crippen LogP contribution in [0.15, 0.2) is 91.1 Å². The molecule has 39 heavy (non-hydrogen) atoms. The highest BCUT2D eigenvalue weighted by atomic mass is 16.4. The average molecular weight is 518 g/mol. The van der Waals surface area contributed by atoms with E-state index in [1.165, 1.54) is 11.1 Å². The molecule has 4 N–H and O–H groups in total. The summed E-state index contributed by atoms with van der Waals surface area (Å²) >= 11 is 0. The number of hydrogen-bond donors (Lipinski definition) is 3. The van der Waals surface area contributed by atoms with Crippen molar-refractivity contribution in [1.29, 1.82) is 0 Å². The van der Waals surface area contributed by atoms with E-state index in [2.05, 4.69) is 46.4 Å². The van der Waals surface area contributed by atoms with Crippen molar-refractivity contribution in [1.82, 2.24) is 9.88 Å². The number of fused-ring (bicyclic) bond motifs is 1. The van der Waals surface area contributed by atoms with Crippen molar-refractivity contribution < 1.29 is 14.7 Å². The van der Waals surface area contributed by atoms with Crippen LogP contribution in [0, 0.1) is 6.92 Å². The number of benzene rings is 4. The fourth-order valence-corrected chi connectivity index (χ4v) is 5.22. The van der Waals surface area contributed by atoms with Crippen molar-refractivity contribution in [2.45, 2.75) is 26.4 Å². The highest BCUT2D eigenvalue weighted by Gasteiger charge is 2.20. The first-order chi connectivity index (χ1) is 18.9. The van der Waals surface area contributed by atoms with Gasteiger partial charge < -0.3 is 20.7 Å². The summed E-state index contributed by atoms with van der Waals surface area (Å²) in [6.07, 6.45) is 2.97. The van der Waals surface area contributed by atoms with Crippen LogP contribution in [0.3, 0.4) is 0 Å². The number of carboxylic acid groups (broad SMARTS) is 1. The molecule has 4 aromatic carbocycles. The third kappa shape index (κ3) is 5.19. The number of nitrogens with zero attached hydrogens (tertiary/aromatic N) is 1. The number of rotatable bonds is 8. The molecule has 0 saturated heterocycles. The number of carbonyl (C=O) groups is 2. The lowest BCUT2D eigenvalue weighted by Gasteiger charge is -2.16. The second-order valence-corrected chi connectivity index (χ2v) is 9.75. The Morgan fingerprint density at radius 1 is 0.846 bits per heavy atom. The number of nitrogens with one attached hydrogen (secondary N) is 1. The molecule has 0 spiro atoms. The molecular weight excluding hydrogens is 486 g/mol. The monoisotopic (exact) mass is 517 g/mol. The van der Waals surface area contributed by atoms with Crippen molar-refractivity contribution in [3.8, 4) is 11.1 Å². The van der Waals surface area contributed by atoms with Gasteiger partial charge in [-0.15, -0.1) is 0 Å². The molecule has 5 aromatic rings. The smallest absolute Gasteiger partial charge is 0.336 e. The predicted octanol–water partition coefficient (Wildman–Crippen LogP) is 5.77. The van der Waals surface area contributed by atoms with Crippen molar-refractivity contribution in [2.24, 2.45) is 5.73 Å². The molecule has 0 radical (unpaired) electrons. The van der Waals surface area contributed by atoms with E-state index >= 15 is 0 Å². The topological polar surface area (TPSA) is 97.4 Å². The average Bonchev–Trinajstić information content (AvgIpc) is 3.29. The van der Waals surface area contributed by atoms with Gasteiger partial charge in [0.1, 0.15) is 0 Å². The summed E-state index contributed by atoms with van der Waals surface area (Å²) in [5, 5.41) is 13.8. The second kappa shape index (κ2) is 11.0. The van der Waals surface area contributed by atoms with Gasteiger partial charge >= 0.3 is 5.97 Å². The SMILES string of the molecule is CNC(=O)c1cc(-c2ccccc2Cn2cc(Cc3ccccc3)c3cc(CN)ccc32)c(C(=O)O)cc1C. The van der Waals surface area contributed by atoms with Crippen LogP contribution < -0.4 is 11.1 Å². The number of aromatic carboxylic acids is 1. The zero-order chi connectivity index (χ0) is 27.5. The molecule has 5 rings (SSSR count). The summed E-state index contributed by atoms with van der Waals surface area (Å²) in [5.41, 5.74) is 14.1. The van der Waals surface area contributed by atoms with E-state index in [4.69, 9.17) is 5.73 Å². The van der Waals surface area contributed by atoms with E-state index in [1.54, 1.807) is 26.1 Å². The summed E-state index contributed by atoms with van der Waals surface area (Å²) in [4.78, 5) is 24.8. The van der Waals surface area contributed by atoms with Crippen molar-refractivity contribution >= 4 is 22.8 Å². The summed E-state index contributed by atoms with van der Waals surface area (Å²) in [6, 6.07) is 27.7. The molecule has 0 aliphatic rings. The molecule has 0 bridgehead atoms. The van der Waals surface area contributed by atoms with Gasteiger partial charge in [0.25, 0.3) is 5.91 Å². The van der Waals surface area contributed by atoms with Crippen LogP contribution in [0.2, 0.25) is 0 Å². The van der Waals surface area contributed by atoms with Crippen LogP contribution in [0.1, 0.15) is 48.5 Å². The van der Waals surface area contributed by atoms with Gasteiger partial charge in [0.2, 0.25) is 0 Å². The Morgan fingerprint density at radius 3 is 2.31 bits per heavy atom. The van der Waals surface area contributed by atoms with Crippen LogP contribution in [-0.2, 0) is 19.5 Å². The minimum absolute atomic E-state index is 0.169. The summed E-state index contributed by atoms with van der Waals surface area (Å²) in [7, 11) is 1.57. The summed E-state index contributed by atoms with van der Waals surface area (Å²) in [6.45, 7) is 2.75. The number of aromatic nitrogens is 1. The first-order valence-corrected chi connectivity index (χ1v) is 12.9. The number of nitrogens with two attached hydrogens (primary N) is 1. The van der Waals surface area contributed by atoms with Crippen LogP contribution in [-0.4, -0.2) is 28.6 Å². The minimum atomic E-state index is -1.03. The Morgan fingerprint density at radius 2 is 1.59 bits per heavy atom. The van der Waals surface area contributed by atoms with E-state index in [1.807, 2.05) is 42.5 Å². The summed E-state index contributed by atoms with van der Waals surface area (Å²) in [5.74, 6) is -1.28. The van der Waals surface area contributed by atoms with Gasteiger partial charge in [0.15, 0.2) is 0 Å². The molecule has 0 fully saturated rings. The Labute approximate surface area is 227 Å². The predicted molar refractivity (Wildman–Crippen MR) is 155 cm³/mol. The zero-order valence-corrected chi connectivity index (χ0v) is 22.1. The molecule has 1 heterocycles. The van der Waals surface area contributed by atoms with Crippen LogP contribution >= 0.6 is 0 Å². The normalized spacial score (nSPS) is 11.1. The Bertz CT molecular complexity index is 1690. The Balaban J connectivity index is 1.63. The van der Waals surface area contributed by atoms with Crippen LogP contribution in [0.4, 0.5) is 0 Å². The Kier molecular flexibility index (Phi) is 7.30. The second-order valence-electron chi connectivity index (χ2n) is 9.75. The molecule has 0 unspecified atom stereocenters. The molecule has 1 amide bonds. The molecule has 0 saturated carbocycles. The maximum atomic E-state index is 12.6. The van der Waals surface area contributed by atoms with Gasteiger partial charge in [-0.25, -0.2) is 4.79 Å². The van der Waals surface area contributed by atoms with E-state index in [0.717, 1.165) is 34.0 Å². The molecule has 0 aliphatic carbocycles. The molecular formula is C33H31N3O3. The highest BCUT2D eigenvalue weighted by Crippen LogP contribution is 2.32. The van der Waals surface area contributed by atoms with Crippen LogP contribution in [0.5, 0.6) is 0 Å². The van der Waals surface area contributed by atoms with Crippen molar-refractivity contribution in [2.75, 3.05) is 7.05 Å². The lowest BCUT2D eigenvalue weighted by atomic mass is 9.91. The quantitative estimate of drug-likeness (QED) is 0.243. The Hall–Kier alpha value is -4.68. The zero-order valence-electron chi connectivity index (χ0n) is 22.1. The fourth-order valence-electron chi connectivity index (χ4n) is 5.22. The van der Waals surface area contributed by atoms with Gasteiger partial charge in [-0.1, -0.05) is 60.7 Å². The maximum absolute atomic E-state index is 12.6. The molecule has 6 heteroatoms. The van der Waals surface area contributed by atoms with Gasteiger partial charge in [-0.05, 0) is 76.6 Å². The molecule has 6 nitrogen and oxygen atoms in total. The molecule has 1 aromatic heterocycles. The van der Waals surface area contributed by atoms with E-state index in [0.29, 0.717) is 29.8 Å². The molecule has 0 atom stereocenters. The molecule has 0 aliphatic heterocycles. The third-order valence-corrected chi connectivity index (χ3v) is 7.22. The first-order valence-electron chi connectivity index (χ1n) is 12.9. The number of carbonyl (C=O) groups excluding carboxylic acids is 1. The largest absolute Gasteiger partial charge is 0.478 e. The molecule has 196 valence electrons. The maximum Gasteiger partial charge on any atom is 0.336 e. The van der Waals surface area contributed by atoms with Crippen molar-refractivity contribution in [3.05, 3.63) is 130 Å². The lowest BCUT2D eigenvalue weighted by Crippen LogP contribution is -2.19. The summed E-state index contributed by atoms with van der Waals surface area (Å²) < 4.78 is 2.21. The van der Waals surface area contributed by atoms with Gasteiger partial charge in [-0.2, -0.15) is 0 Å². The number of hydrogen-bond acceptors (Lipinski definition) is 3. The van der Waals surface area contributed by atoms with Crippen LogP contribution in [0.25, 0.3) is 22.0 Å². The third-order valence-electron chi connectivity index (χ3n) is 7.22. The van der Waals surface area contributed by atoms with Gasteiger partial charge in [0, 0.05) is 42.8 Å². The number of carboxylic acids is 1. The lowest BCUT2D eigenvalue weighted by molar-refractivity contribution is 0.0697. The standard InChI is InChI=1S/C33H31N3O3/c1-21-14-30(33(38)39)29(17-27(21)32(37)35-2)26-11-7-6-10-24(26)19-36-20-25(15-22-8-4-3-5-9-22)28-16-23(18-34)12-13-31(28)36/h3-14,16-17,20H,15,18-19,34H2,1-2H3,(H,35,37)(H,38,39). The van der Waals surface area contributed by atoms with E-state index in [-0.39, 0.29) is 11.5 Å². The van der Waals surface area contributed by atoms with Gasteiger partial charge in [-0.3, -0.25) is 4.79 Å². The number of aryl methyl sites for hydroxylation is 1. The first kappa shape index (κ1) is 25.9. The van der Waals surface area contributed by atoms with E-state index < -0.39 is 5.97 Å². The number of amides is 1. The minimum Gasteiger partial charge on any atom is -0.478 e. The van der Waals surface area contributed by atoms with E-state index in [9.17, 15) is 14.7 Å². The highest BCUT2D eigenvalue weighted by molar-refractivity contribution is 6.02. The van der Waals surface area contributed by atoms with Gasteiger partial charge in [0.05, 0.1) is 5.56 Å². The fraction of sp³-hybridized carbons (Fsp3) is 0.152. The van der Waals surface area contributed by atoms with Crippen molar-refractivity contribution in [3.63, 3.8) is 0 Å².